The maximum Gasteiger partial charge on any atom is 0.148 e. The van der Waals surface area contributed by atoms with Crippen molar-refractivity contribution < 1.29 is 14.2 Å². The monoisotopic (exact) mass is 334 g/mol. The molecule has 1 heterocycles. The molecule has 1 saturated heterocycles. The van der Waals surface area contributed by atoms with Gasteiger partial charge in [-0.05, 0) is 29.4 Å². The molecular formula is C13H23BrO3Si. The van der Waals surface area contributed by atoms with E-state index in [-0.39, 0.29) is 11.7 Å². The molecule has 0 amide bonds. The van der Waals surface area contributed by atoms with Crippen LogP contribution in [0, 0.1) is 0 Å². The van der Waals surface area contributed by atoms with Crippen molar-refractivity contribution in [2.24, 2.45) is 0 Å². The summed E-state index contributed by atoms with van der Waals surface area (Å²) < 4.78 is 18.3. The van der Waals surface area contributed by atoms with E-state index in [0.717, 1.165) is 19.4 Å². The van der Waals surface area contributed by atoms with Crippen LogP contribution < -0.4 is 0 Å². The molecule has 104 valence electrons. The molecule has 2 atom stereocenters. The van der Waals surface area contributed by atoms with E-state index in [1.807, 2.05) is 0 Å². The average molecular weight is 335 g/mol. The first-order valence-electron chi connectivity index (χ1n) is 6.62. The topological polar surface area (TPSA) is 27.7 Å². The van der Waals surface area contributed by atoms with Gasteiger partial charge >= 0.3 is 0 Å². The number of allylic oxidation sites excluding steroid dienone is 1. The lowest BCUT2D eigenvalue weighted by atomic mass is 9.84. The second kappa shape index (κ2) is 5.75. The molecule has 1 fully saturated rings. The lowest BCUT2D eigenvalue weighted by Gasteiger charge is -2.49. The summed E-state index contributed by atoms with van der Waals surface area (Å²) in [6, 6.07) is 1.18. The Balaban J connectivity index is 1.72. The fourth-order valence-corrected chi connectivity index (χ4v) is 3.57. The molecule has 18 heavy (non-hydrogen) atoms. The Morgan fingerprint density at radius 2 is 2.28 bits per heavy atom. The van der Waals surface area contributed by atoms with Gasteiger partial charge in [0.15, 0.2) is 0 Å². The molecule has 0 spiro atoms. The number of fused-ring (bicyclic) bond motifs is 1. The largest absolute Gasteiger partial charge is 0.371 e. The molecule has 0 N–H and O–H groups in total. The summed E-state index contributed by atoms with van der Waals surface area (Å²) in [5.74, 6) is 0. The first-order chi connectivity index (χ1) is 8.41. The second-order valence-electron chi connectivity index (χ2n) is 6.37. The predicted molar refractivity (Wildman–Crippen MR) is 78.8 cm³/mol. The van der Waals surface area contributed by atoms with E-state index in [1.54, 1.807) is 0 Å². The third-order valence-corrected chi connectivity index (χ3v) is 5.84. The minimum Gasteiger partial charge on any atom is -0.371 e. The maximum absolute atomic E-state index is 5.92. The Morgan fingerprint density at radius 1 is 1.50 bits per heavy atom. The molecule has 2 aliphatic rings. The SMILES string of the molecule is C[Si](C)(C)CCOCO[C@]12C=C(Br)CC[C@H]1OC2. The lowest BCUT2D eigenvalue weighted by Crippen LogP contribution is -2.60. The van der Waals surface area contributed by atoms with Crippen LogP contribution in [0.4, 0.5) is 0 Å². The molecule has 3 nitrogen and oxygen atoms in total. The summed E-state index contributed by atoms with van der Waals surface area (Å²) >= 11 is 3.56. The van der Waals surface area contributed by atoms with E-state index < -0.39 is 8.07 Å². The Labute approximate surface area is 119 Å². The van der Waals surface area contributed by atoms with Crippen molar-refractivity contribution in [3.05, 3.63) is 10.6 Å². The summed E-state index contributed by atoms with van der Waals surface area (Å²) in [4.78, 5) is 0. The summed E-state index contributed by atoms with van der Waals surface area (Å²) in [7, 11) is -1.00. The summed E-state index contributed by atoms with van der Waals surface area (Å²) in [5, 5.41) is 0. The van der Waals surface area contributed by atoms with Gasteiger partial charge in [0, 0.05) is 14.7 Å². The van der Waals surface area contributed by atoms with Gasteiger partial charge in [0.25, 0.3) is 0 Å². The van der Waals surface area contributed by atoms with Crippen LogP contribution >= 0.6 is 15.9 Å². The minimum atomic E-state index is -1.00. The zero-order valence-electron chi connectivity index (χ0n) is 11.5. The van der Waals surface area contributed by atoms with Gasteiger partial charge in [-0.3, -0.25) is 0 Å². The Bertz CT molecular complexity index is 327. The summed E-state index contributed by atoms with van der Waals surface area (Å²) in [6.45, 7) is 8.90. The van der Waals surface area contributed by atoms with Gasteiger partial charge in [-0.15, -0.1) is 0 Å². The number of rotatable bonds is 6. The molecule has 2 rings (SSSR count). The predicted octanol–water partition coefficient (Wildman–Crippen LogP) is 3.53. The molecule has 1 aliphatic heterocycles. The van der Waals surface area contributed by atoms with E-state index in [4.69, 9.17) is 14.2 Å². The van der Waals surface area contributed by atoms with Crippen LogP contribution in [0.25, 0.3) is 0 Å². The minimum absolute atomic E-state index is 0.222. The van der Waals surface area contributed by atoms with Gasteiger partial charge in [0.2, 0.25) is 0 Å². The van der Waals surface area contributed by atoms with Gasteiger partial charge in [-0.1, -0.05) is 35.6 Å². The van der Waals surface area contributed by atoms with Crippen LogP contribution in [-0.4, -0.2) is 39.8 Å². The first kappa shape index (κ1) is 14.7. The maximum atomic E-state index is 5.92. The molecule has 0 aromatic rings. The number of ether oxygens (including phenoxy) is 3. The molecule has 0 bridgehead atoms. The molecule has 0 saturated carbocycles. The van der Waals surface area contributed by atoms with Crippen LogP contribution in [0.1, 0.15) is 12.8 Å². The normalized spacial score (nSPS) is 31.6. The fraction of sp³-hybridized carbons (Fsp3) is 0.846. The lowest BCUT2D eigenvalue weighted by molar-refractivity contribution is -0.267. The van der Waals surface area contributed by atoms with Gasteiger partial charge in [-0.2, -0.15) is 0 Å². The van der Waals surface area contributed by atoms with Crippen LogP contribution in [-0.2, 0) is 14.2 Å². The zero-order valence-corrected chi connectivity index (χ0v) is 14.1. The van der Waals surface area contributed by atoms with Crippen molar-refractivity contribution in [1.82, 2.24) is 0 Å². The molecule has 1 aliphatic carbocycles. The van der Waals surface area contributed by atoms with Crippen molar-refractivity contribution in [3.63, 3.8) is 0 Å². The van der Waals surface area contributed by atoms with E-state index in [1.165, 1.54) is 10.5 Å². The molecule has 5 heteroatoms. The van der Waals surface area contributed by atoms with Gasteiger partial charge in [0.05, 0.1) is 12.7 Å². The van der Waals surface area contributed by atoms with Gasteiger partial charge in [0.1, 0.15) is 12.4 Å². The molecule has 0 unspecified atom stereocenters. The molecular weight excluding hydrogens is 312 g/mol. The van der Waals surface area contributed by atoms with Crippen LogP contribution in [0.15, 0.2) is 10.6 Å². The van der Waals surface area contributed by atoms with Crippen molar-refractivity contribution in [2.45, 2.75) is 50.2 Å². The van der Waals surface area contributed by atoms with Gasteiger partial charge < -0.3 is 14.2 Å². The van der Waals surface area contributed by atoms with Crippen LogP contribution in [0.2, 0.25) is 25.7 Å². The summed E-state index contributed by atoms with van der Waals surface area (Å²) in [5.41, 5.74) is -0.226. The number of hydrogen-bond acceptors (Lipinski definition) is 3. The highest BCUT2D eigenvalue weighted by atomic mass is 79.9. The summed E-state index contributed by atoms with van der Waals surface area (Å²) in [6.07, 6.45) is 4.46. The number of halogens is 1. The van der Waals surface area contributed by atoms with Crippen molar-refractivity contribution in [1.29, 1.82) is 0 Å². The highest BCUT2D eigenvalue weighted by Crippen LogP contribution is 2.41. The van der Waals surface area contributed by atoms with Crippen LogP contribution in [0.5, 0.6) is 0 Å². The molecule has 0 aromatic heterocycles. The van der Waals surface area contributed by atoms with E-state index in [2.05, 4.69) is 41.6 Å². The quantitative estimate of drug-likeness (QED) is 0.422. The zero-order chi connectivity index (χ0) is 13.2. The Kier molecular flexibility index (Phi) is 4.70. The third kappa shape index (κ3) is 3.67. The second-order valence-corrected chi connectivity index (χ2v) is 13.0. The van der Waals surface area contributed by atoms with Crippen molar-refractivity contribution in [3.8, 4) is 0 Å². The van der Waals surface area contributed by atoms with E-state index in [9.17, 15) is 0 Å². The highest BCUT2D eigenvalue weighted by molar-refractivity contribution is 9.11. The fourth-order valence-electron chi connectivity index (χ4n) is 2.20. The van der Waals surface area contributed by atoms with E-state index in [0.29, 0.717) is 13.4 Å². The van der Waals surface area contributed by atoms with Crippen molar-refractivity contribution >= 4 is 24.0 Å². The standard InChI is InChI=1S/C13H23BrO3Si/c1-18(2,3)7-6-15-10-17-13-8-11(14)4-5-12(13)16-9-13/h8,12H,4-7,9-10H2,1-3H3/t12-,13+/m1/s1. The van der Waals surface area contributed by atoms with Crippen molar-refractivity contribution in [2.75, 3.05) is 20.0 Å². The Morgan fingerprint density at radius 3 is 2.89 bits per heavy atom. The first-order valence-corrected chi connectivity index (χ1v) is 11.1. The highest BCUT2D eigenvalue weighted by Gasteiger charge is 2.50. The molecule has 0 aromatic carbocycles. The van der Waals surface area contributed by atoms with Crippen LogP contribution in [0.3, 0.4) is 0 Å². The van der Waals surface area contributed by atoms with Gasteiger partial charge in [-0.25, -0.2) is 0 Å². The number of hydrogen-bond donors (Lipinski definition) is 0. The average Bonchev–Trinajstić information content (AvgIpc) is 2.22. The van der Waals surface area contributed by atoms with E-state index >= 15 is 0 Å². The third-order valence-electron chi connectivity index (χ3n) is 3.51. The Hall–Kier alpha value is 0.317. The molecule has 0 radical (unpaired) electrons. The smallest absolute Gasteiger partial charge is 0.148 e.